The molecule has 140 valence electrons. The maximum absolute atomic E-state index is 12.9. The topological polar surface area (TPSA) is 65.1 Å². The minimum atomic E-state index is -0.498. The SMILES string of the molecule is Cc1cc(-c2sc(N3CCN(Cc4cccc(CF)c4)C3=O)nc2C)n[nH]1. The molecule has 3 aromatic rings. The first kappa shape index (κ1) is 17.7. The molecular weight excluding hydrogens is 365 g/mol. The van der Waals surface area contributed by atoms with Gasteiger partial charge < -0.3 is 4.90 Å². The Morgan fingerprint density at radius 3 is 2.78 bits per heavy atom. The summed E-state index contributed by atoms with van der Waals surface area (Å²) in [4.78, 5) is 21.9. The van der Waals surface area contributed by atoms with E-state index in [9.17, 15) is 9.18 Å². The average Bonchev–Trinajstić information content (AvgIpc) is 3.35. The highest BCUT2D eigenvalue weighted by Gasteiger charge is 2.32. The number of alkyl halides is 1. The van der Waals surface area contributed by atoms with Crippen LogP contribution in [0.4, 0.5) is 14.3 Å². The van der Waals surface area contributed by atoms with Crippen LogP contribution in [0, 0.1) is 13.8 Å². The first-order chi connectivity index (χ1) is 13.0. The van der Waals surface area contributed by atoms with Crippen molar-refractivity contribution in [3.05, 3.63) is 52.8 Å². The van der Waals surface area contributed by atoms with Gasteiger partial charge in [0.15, 0.2) is 5.13 Å². The van der Waals surface area contributed by atoms with Crippen molar-refractivity contribution in [3.63, 3.8) is 0 Å². The molecule has 0 atom stereocenters. The molecule has 1 saturated heterocycles. The van der Waals surface area contributed by atoms with Gasteiger partial charge in [0, 0.05) is 25.3 Å². The number of aryl methyl sites for hydroxylation is 2. The molecule has 2 aromatic heterocycles. The van der Waals surface area contributed by atoms with Crippen LogP contribution >= 0.6 is 11.3 Å². The largest absolute Gasteiger partial charge is 0.326 e. The lowest BCUT2D eigenvalue weighted by Crippen LogP contribution is -2.31. The molecule has 6 nitrogen and oxygen atoms in total. The predicted molar refractivity (Wildman–Crippen MR) is 104 cm³/mol. The van der Waals surface area contributed by atoms with Gasteiger partial charge in [0.25, 0.3) is 0 Å². The van der Waals surface area contributed by atoms with Gasteiger partial charge in [0.1, 0.15) is 12.4 Å². The van der Waals surface area contributed by atoms with E-state index in [1.54, 1.807) is 15.9 Å². The zero-order chi connectivity index (χ0) is 19.0. The Bertz CT molecular complexity index is 982. The van der Waals surface area contributed by atoms with Crippen LogP contribution in [0.15, 0.2) is 30.3 Å². The molecule has 1 aliphatic rings. The van der Waals surface area contributed by atoms with Crippen LogP contribution in [0.2, 0.25) is 0 Å². The molecule has 1 fully saturated rings. The van der Waals surface area contributed by atoms with Crippen molar-refractivity contribution in [2.24, 2.45) is 0 Å². The summed E-state index contributed by atoms with van der Waals surface area (Å²) in [5, 5.41) is 7.92. The van der Waals surface area contributed by atoms with Crippen LogP contribution in [-0.4, -0.2) is 39.2 Å². The summed E-state index contributed by atoms with van der Waals surface area (Å²) in [6.45, 7) is 5.07. The van der Waals surface area contributed by atoms with Crippen LogP contribution < -0.4 is 4.90 Å². The number of urea groups is 1. The minimum Gasteiger partial charge on any atom is -0.318 e. The maximum atomic E-state index is 12.9. The maximum Gasteiger partial charge on any atom is 0.326 e. The zero-order valence-electron chi connectivity index (χ0n) is 15.2. The number of carbonyl (C=O) groups excluding carboxylic acids is 1. The van der Waals surface area contributed by atoms with Gasteiger partial charge in [-0.3, -0.25) is 10.00 Å². The summed E-state index contributed by atoms with van der Waals surface area (Å²) in [5.41, 5.74) is 4.26. The Kier molecular flexibility index (Phi) is 4.65. The second kappa shape index (κ2) is 7.11. The number of thiazole rings is 1. The number of carbonyl (C=O) groups is 1. The van der Waals surface area contributed by atoms with E-state index in [0.29, 0.717) is 30.3 Å². The van der Waals surface area contributed by atoms with Crippen molar-refractivity contribution in [2.75, 3.05) is 18.0 Å². The van der Waals surface area contributed by atoms with E-state index >= 15 is 0 Å². The highest BCUT2D eigenvalue weighted by Crippen LogP contribution is 2.35. The van der Waals surface area contributed by atoms with Crippen molar-refractivity contribution in [1.29, 1.82) is 0 Å². The van der Waals surface area contributed by atoms with Crippen LogP contribution in [0.25, 0.3) is 10.6 Å². The molecule has 0 saturated carbocycles. The quantitative estimate of drug-likeness (QED) is 0.720. The van der Waals surface area contributed by atoms with Gasteiger partial charge >= 0.3 is 6.03 Å². The molecule has 0 unspecified atom stereocenters. The van der Waals surface area contributed by atoms with Crippen LogP contribution in [-0.2, 0) is 13.2 Å². The summed E-state index contributed by atoms with van der Waals surface area (Å²) in [5.74, 6) is 0. The number of anilines is 1. The van der Waals surface area contributed by atoms with Crippen molar-refractivity contribution < 1.29 is 9.18 Å². The second-order valence-electron chi connectivity index (χ2n) is 6.66. The minimum absolute atomic E-state index is 0.0702. The Labute approximate surface area is 160 Å². The van der Waals surface area contributed by atoms with Crippen LogP contribution in [0.3, 0.4) is 0 Å². The second-order valence-corrected chi connectivity index (χ2v) is 7.63. The first-order valence-electron chi connectivity index (χ1n) is 8.75. The molecule has 0 spiro atoms. The van der Waals surface area contributed by atoms with Crippen molar-refractivity contribution in [3.8, 4) is 10.6 Å². The van der Waals surface area contributed by atoms with E-state index in [-0.39, 0.29) is 6.03 Å². The number of amides is 2. The number of H-pyrrole nitrogens is 1. The molecule has 2 amide bonds. The number of rotatable bonds is 5. The summed E-state index contributed by atoms with van der Waals surface area (Å²) in [7, 11) is 0. The summed E-state index contributed by atoms with van der Waals surface area (Å²) in [6, 6.07) is 9.20. The Balaban J connectivity index is 1.52. The average molecular weight is 385 g/mol. The number of hydrogen-bond acceptors (Lipinski definition) is 4. The fourth-order valence-corrected chi connectivity index (χ4v) is 4.26. The molecule has 0 bridgehead atoms. The first-order valence-corrected chi connectivity index (χ1v) is 9.57. The van der Waals surface area contributed by atoms with Crippen LogP contribution in [0.1, 0.15) is 22.5 Å². The van der Waals surface area contributed by atoms with E-state index in [0.717, 1.165) is 27.5 Å². The lowest BCUT2D eigenvalue weighted by atomic mass is 10.1. The predicted octanol–water partition coefficient (Wildman–Crippen LogP) is 4.06. The smallest absolute Gasteiger partial charge is 0.318 e. The van der Waals surface area contributed by atoms with Gasteiger partial charge in [-0.2, -0.15) is 5.10 Å². The monoisotopic (exact) mass is 385 g/mol. The Morgan fingerprint density at radius 1 is 1.22 bits per heavy atom. The summed E-state index contributed by atoms with van der Waals surface area (Å²) < 4.78 is 12.9. The number of nitrogens with one attached hydrogen (secondary N) is 1. The number of hydrogen-bond donors (Lipinski definition) is 1. The molecule has 4 rings (SSSR count). The molecule has 1 N–H and O–H groups in total. The highest BCUT2D eigenvalue weighted by atomic mass is 32.1. The van der Waals surface area contributed by atoms with E-state index in [1.807, 2.05) is 38.1 Å². The lowest BCUT2D eigenvalue weighted by molar-refractivity contribution is 0.218. The standard InChI is InChI=1S/C19H20FN5OS/c1-12-8-16(23-22-12)17-13(2)21-18(27-17)25-7-6-24(19(25)26)11-15-5-3-4-14(9-15)10-20/h3-5,8-9H,6-7,10-11H2,1-2H3,(H,22,23). The summed E-state index contributed by atoms with van der Waals surface area (Å²) in [6.07, 6.45) is 0. The zero-order valence-corrected chi connectivity index (χ0v) is 16.0. The lowest BCUT2D eigenvalue weighted by Gasteiger charge is -2.17. The van der Waals surface area contributed by atoms with E-state index in [1.165, 1.54) is 11.3 Å². The third-order valence-electron chi connectivity index (χ3n) is 4.57. The normalized spacial score (nSPS) is 14.4. The fraction of sp³-hybridized carbons (Fsp3) is 0.316. The molecule has 8 heteroatoms. The molecule has 3 heterocycles. The van der Waals surface area contributed by atoms with Gasteiger partial charge in [-0.05, 0) is 31.0 Å². The van der Waals surface area contributed by atoms with Gasteiger partial charge in [-0.25, -0.2) is 14.2 Å². The van der Waals surface area contributed by atoms with E-state index in [2.05, 4.69) is 15.2 Å². The van der Waals surface area contributed by atoms with Gasteiger partial charge in [0.2, 0.25) is 0 Å². The highest BCUT2D eigenvalue weighted by molar-refractivity contribution is 7.19. The molecule has 1 aromatic carbocycles. The third-order valence-corrected chi connectivity index (χ3v) is 5.77. The van der Waals surface area contributed by atoms with Gasteiger partial charge in [-0.1, -0.05) is 35.6 Å². The molecule has 0 radical (unpaired) electrons. The number of halogens is 1. The van der Waals surface area contributed by atoms with Crippen molar-refractivity contribution in [2.45, 2.75) is 27.1 Å². The Morgan fingerprint density at radius 2 is 2.04 bits per heavy atom. The summed E-state index contributed by atoms with van der Waals surface area (Å²) >= 11 is 1.48. The molecule has 0 aliphatic carbocycles. The van der Waals surface area contributed by atoms with Gasteiger partial charge in [0.05, 0.1) is 10.6 Å². The van der Waals surface area contributed by atoms with E-state index < -0.39 is 6.67 Å². The number of aromatic nitrogens is 3. The third kappa shape index (κ3) is 3.44. The fourth-order valence-electron chi connectivity index (χ4n) is 3.21. The number of benzene rings is 1. The number of aromatic amines is 1. The van der Waals surface area contributed by atoms with Crippen LogP contribution in [0.5, 0.6) is 0 Å². The van der Waals surface area contributed by atoms with E-state index in [4.69, 9.17) is 0 Å². The molecule has 1 aliphatic heterocycles. The number of nitrogens with zero attached hydrogens (tertiary/aromatic N) is 4. The van der Waals surface area contributed by atoms with Crippen molar-refractivity contribution in [1.82, 2.24) is 20.1 Å². The molecule has 27 heavy (non-hydrogen) atoms. The molecular formula is C19H20FN5OS. The van der Waals surface area contributed by atoms with Gasteiger partial charge in [-0.15, -0.1) is 0 Å². The Hall–Kier alpha value is -2.74. The van der Waals surface area contributed by atoms with Crippen molar-refractivity contribution >= 4 is 22.5 Å².